The SMILES string of the molecule is CS(=O)(=O)NCc1cccc(CCc2cncc(OCC3CCN3)c2)c1. The van der Waals surface area contributed by atoms with Crippen LogP contribution in [0.2, 0.25) is 0 Å². The molecule has 0 saturated carbocycles. The number of pyridine rings is 1. The van der Waals surface area contributed by atoms with E-state index in [4.69, 9.17) is 4.74 Å². The lowest BCUT2D eigenvalue weighted by molar-refractivity contribution is 0.217. The van der Waals surface area contributed by atoms with Gasteiger partial charge in [-0.2, -0.15) is 0 Å². The highest BCUT2D eigenvalue weighted by atomic mass is 32.2. The van der Waals surface area contributed by atoms with Crippen LogP contribution < -0.4 is 14.8 Å². The Morgan fingerprint density at radius 1 is 1.19 bits per heavy atom. The standard InChI is InChI=1S/C19H25N3O3S/c1-26(23,24)22-12-16-4-2-3-15(9-16)5-6-17-10-19(13-20-11-17)25-14-18-7-8-21-18/h2-4,9-11,13,18,21-22H,5-8,12,14H2,1H3. The van der Waals surface area contributed by atoms with Crippen molar-refractivity contribution >= 4 is 10.0 Å². The Labute approximate surface area is 155 Å². The second-order valence-electron chi connectivity index (χ2n) is 6.69. The summed E-state index contributed by atoms with van der Waals surface area (Å²) in [5.41, 5.74) is 3.25. The minimum atomic E-state index is -3.18. The average Bonchev–Trinajstić information content (AvgIpc) is 2.57. The number of hydrogen-bond donors (Lipinski definition) is 2. The smallest absolute Gasteiger partial charge is 0.209 e. The van der Waals surface area contributed by atoms with Gasteiger partial charge in [0.1, 0.15) is 12.4 Å². The molecule has 1 aliphatic rings. The molecule has 3 rings (SSSR count). The average molecular weight is 375 g/mol. The summed E-state index contributed by atoms with van der Waals surface area (Å²) < 4.78 is 30.7. The van der Waals surface area contributed by atoms with Crippen molar-refractivity contribution < 1.29 is 13.2 Å². The molecule has 2 aromatic rings. The molecule has 2 heterocycles. The summed E-state index contributed by atoms with van der Waals surface area (Å²) >= 11 is 0. The summed E-state index contributed by atoms with van der Waals surface area (Å²) in [5.74, 6) is 0.808. The molecule has 1 atom stereocenters. The molecule has 1 aliphatic heterocycles. The third-order valence-corrected chi connectivity index (χ3v) is 5.05. The molecule has 1 unspecified atom stereocenters. The van der Waals surface area contributed by atoms with Gasteiger partial charge in [-0.05, 0) is 48.6 Å². The van der Waals surface area contributed by atoms with Crippen molar-refractivity contribution in [3.63, 3.8) is 0 Å². The van der Waals surface area contributed by atoms with Gasteiger partial charge in [-0.25, -0.2) is 13.1 Å². The fourth-order valence-electron chi connectivity index (χ4n) is 2.77. The maximum absolute atomic E-state index is 11.2. The zero-order chi connectivity index (χ0) is 18.4. The van der Waals surface area contributed by atoms with Crippen LogP contribution in [0.25, 0.3) is 0 Å². The summed E-state index contributed by atoms with van der Waals surface area (Å²) in [4.78, 5) is 4.27. The van der Waals surface area contributed by atoms with Crippen LogP contribution in [0.1, 0.15) is 23.1 Å². The molecular formula is C19H25N3O3S. The molecule has 1 aromatic carbocycles. The number of benzene rings is 1. The van der Waals surface area contributed by atoms with Gasteiger partial charge in [0, 0.05) is 18.8 Å². The molecular weight excluding hydrogens is 350 g/mol. The Morgan fingerprint density at radius 2 is 1.96 bits per heavy atom. The van der Waals surface area contributed by atoms with E-state index in [1.54, 1.807) is 6.20 Å². The summed E-state index contributed by atoms with van der Waals surface area (Å²) in [6, 6.07) is 10.5. The summed E-state index contributed by atoms with van der Waals surface area (Å²) in [6.45, 7) is 2.07. The van der Waals surface area contributed by atoms with Gasteiger partial charge in [-0.1, -0.05) is 24.3 Å². The minimum Gasteiger partial charge on any atom is -0.490 e. The third-order valence-electron chi connectivity index (χ3n) is 4.38. The molecule has 1 aromatic heterocycles. The van der Waals surface area contributed by atoms with Crippen molar-refractivity contribution in [3.8, 4) is 5.75 Å². The topological polar surface area (TPSA) is 80.3 Å². The van der Waals surface area contributed by atoms with Crippen LogP contribution in [0.4, 0.5) is 0 Å². The van der Waals surface area contributed by atoms with Gasteiger partial charge in [-0.15, -0.1) is 0 Å². The molecule has 7 heteroatoms. The molecule has 140 valence electrons. The Kier molecular flexibility index (Phi) is 6.24. The highest BCUT2D eigenvalue weighted by Crippen LogP contribution is 2.15. The van der Waals surface area contributed by atoms with Gasteiger partial charge in [-0.3, -0.25) is 4.98 Å². The number of nitrogens with one attached hydrogen (secondary N) is 2. The van der Waals surface area contributed by atoms with Gasteiger partial charge in [0.15, 0.2) is 0 Å². The molecule has 0 amide bonds. The Bertz CT molecular complexity index is 835. The summed E-state index contributed by atoms with van der Waals surface area (Å²) in [5, 5.41) is 3.31. The largest absolute Gasteiger partial charge is 0.490 e. The van der Waals surface area contributed by atoms with Crippen molar-refractivity contribution in [3.05, 3.63) is 59.4 Å². The molecule has 0 bridgehead atoms. The van der Waals surface area contributed by atoms with E-state index in [0.717, 1.165) is 42.7 Å². The fraction of sp³-hybridized carbons (Fsp3) is 0.421. The molecule has 0 aliphatic carbocycles. The van der Waals surface area contributed by atoms with Crippen molar-refractivity contribution in [2.75, 3.05) is 19.4 Å². The van der Waals surface area contributed by atoms with Crippen LogP contribution in [0.5, 0.6) is 5.75 Å². The van der Waals surface area contributed by atoms with Crippen molar-refractivity contribution in [1.29, 1.82) is 0 Å². The van der Waals surface area contributed by atoms with E-state index >= 15 is 0 Å². The Balaban J connectivity index is 1.53. The lowest BCUT2D eigenvalue weighted by atomic mass is 10.0. The van der Waals surface area contributed by atoms with Crippen LogP contribution in [-0.4, -0.2) is 38.9 Å². The van der Waals surface area contributed by atoms with Gasteiger partial charge in [0.2, 0.25) is 10.0 Å². The fourth-order valence-corrected chi connectivity index (χ4v) is 3.19. The first-order chi connectivity index (χ1) is 12.5. The number of aryl methyl sites for hydroxylation is 2. The molecule has 2 N–H and O–H groups in total. The van der Waals surface area contributed by atoms with E-state index in [-0.39, 0.29) is 0 Å². The zero-order valence-corrected chi connectivity index (χ0v) is 15.8. The number of nitrogens with zero attached hydrogens (tertiary/aromatic N) is 1. The van der Waals surface area contributed by atoms with Crippen molar-refractivity contribution in [2.24, 2.45) is 0 Å². The number of rotatable bonds is 9. The minimum absolute atomic E-state index is 0.312. The van der Waals surface area contributed by atoms with Gasteiger partial charge < -0.3 is 10.1 Å². The summed E-state index contributed by atoms with van der Waals surface area (Å²) in [6.07, 6.45) is 7.66. The molecule has 6 nitrogen and oxygen atoms in total. The lowest BCUT2D eigenvalue weighted by Crippen LogP contribution is -2.46. The molecule has 0 radical (unpaired) electrons. The first-order valence-corrected chi connectivity index (χ1v) is 10.7. The van der Waals surface area contributed by atoms with Crippen molar-refractivity contribution in [2.45, 2.75) is 31.8 Å². The monoisotopic (exact) mass is 375 g/mol. The highest BCUT2D eigenvalue weighted by molar-refractivity contribution is 7.88. The van der Waals surface area contributed by atoms with Crippen molar-refractivity contribution in [1.82, 2.24) is 15.0 Å². The van der Waals surface area contributed by atoms with E-state index in [9.17, 15) is 8.42 Å². The second-order valence-corrected chi connectivity index (χ2v) is 8.53. The number of aromatic nitrogens is 1. The Hall–Kier alpha value is -1.96. The van der Waals surface area contributed by atoms with Crippen LogP contribution in [-0.2, 0) is 29.4 Å². The highest BCUT2D eigenvalue weighted by Gasteiger charge is 2.16. The van der Waals surface area contributed by atoms with Crippen LogP contribution >= 0.6 is 0 Å². The molecule has 1 saturated heterocycles. The second kappa shape index (κ2) is 8.62. The number of hydrogen-bond acceptors (Lipinski definition) is 5. The van der Waals surface area contributed by atoms with Gasteiger partial charge in [0.25, 0.3) is 0 Å². The summed E-state index contributed by atoms with van der Waals surface area (Å²) in [7, 11) is -3.18. The quantitative estimate of drug-likeness (QED) is 0.697. The van der Waals surface area contributed by atoms with E-state index < -0.39 is 10.0 Å². The molecule has 26 heavy (non-hydrogen) atoms. The van der Waals surface area contributed by atoms with Gasteiger partial charge in [0.05, 0.1) is 12.5 Å². The van der Waals surface area contributed by atoms with Crippen LogP contribution in [0.15, 0.2) is 42.7 Å². The normalized spacial score (nSPS) is 16.9. The van der Waals surface area contributed by atoms with Gasteiger partial charge >= 0.3 is 0 Å². The first kappa shape index (κ1) is 18.8. The van der Waals surface area contributed by atoms with Crippen LogP contribution in [0, 0.1) is 0 Å². The van der Waals surface area contributed by atoms with E-state index in [0.29, 0.717) is 19.2 Å². The molecule has 1 fully saturated rings. The van der Waals surface area contributed by atoms with E-state index in [1.165, 1.54) is 11.8 Å². The predicted octanol–water partition coefficient (Wildman–Crippen LogP) is 1.66. The molecule has 0 spiro atoms. The third kappa shape index (κ3) is 6.09. The first-order valence-electron chi connectivity index (χ1n) is 8.80. The van der Waals surface area contributed by atoms with E-state index in [1.807, 2.05) is 30.5 Å². The van der Waals surface area contributed by atoms with E-state index in [2.05, 4.69) is 21.1 Å². The Morgan fingerprint density at radius 3 is 2.69 bits per heavy atom. The number of sulfonamides is 1. The maximum Gasteiger partial charge on any atom is 0.209 e. The lowest BCUT2D eigenvalue weighted by Gasteiger charge is -2.27. The predicted molar refractivity (Wildman–Crippen MR) is 102 cm³/mol. The zero-order valence-electron chi connectivity index (χ0n) is 14.9. The van der Waals surface area contributed by atoms with Crippen LogP contribution in [0.3, 0.4) is 0 Å². The maximum atomic E-state index is 11.2. The number of ether oxygens (including phenoxy) is 1.